The van der Waals surface area contributed by atoms with Gasteiger partial charge in [-0.15, -0.1) is 0 Å². The lowest BCUT2D eigenvalue weighted by Crippen LogP contribution is -2.31. The summed E-state index contributed by atoms with van der Waals surface area (Å²) in [6.07, 6.45) is 5.92. The van der Waals surface area contributed by atoms with Gasteiger partial charge in [-0.1, -0.05) is 29.3 Å². The minimum atomic E-state index is -0.400. The molecule has 0 unspecified atom stereocenters. The van der Waals surface area contributed by atoms with Crippen molar-refractivity contribution in [1.29, 1.82) is 0 Å². The van der Waals surface area contributed by atoms with E-state index in [0.717, 1.165) is 11.3 Å². The highest BCUT2D eigenvalue weighted by molar-refractivity contribution is 6.42. The molecule has 3 aromatic rings. The van der Waals surface area contributed by atoms with Gasteiger partial charge in [-0.2, -0.15) is 5.10 Å². The fourth-order valence-electron chi connectivity index (χ4n) is 2.26. The smallest absolute Gasteiger partial charge is 0.244 e. The summed E-state index contributed by atoms with van der Waals surface area (Å²) in [5.41, 5.74) is 2.15. The lowest BCUT2D eigenvalue weighted by Gasteiger charge is -2.07. The van der Waals surface area contributed by atoms with Crippen molar-refractivity contribution in [3.05, 3.63) is 76.8 Å². The molecular weight excluding hydrogens is 401 g/mol. The van der Waals surface area contributed by atoms with E-state index in [1.807, 2.05) is 0 Å². The molecule has 0 radical (unpaired) electrons. The lowest BCUT2D eigenvalue weighted by atomic mass is 10.2. The van der Waals surface area contributed by atoms with Crippen LogP contribution in [-0.2, 0) is 9.59 Å². The van der Waals surface area contributed by atoms with E-state index in [0.29, 0.717) is 15.7 Å². The second-order valence-corrected chi connectivity index (χ2v) is 6.47. The van der Waals surface area contributed by atoms with Crippen molar-refractivity contribution in [1.82, 2.24) is 20.1 Å². The van der Waals surface area contributed by atoms with Gasteiger partial charge in [0.2, 0.25) is 11.8 Å². The van der Waals surface area contributed by atoms with Gasteiger partial charge in [-0.3, -0.25) is 9.59 Å². The summed E-state index contributed by atoms with van der Waals surface area (Å²) in [6, 6.07) is 12.1. The molecule has 1 heterocycles. The van der Waals surface area contributed by atoms with Gasteiger partial charge in [0.15, 0.2) is 0 Å². The Bertz CT molecular complexity index is 1000. The Kier molecular flexibility index (Phi) is 6.41. The SMILES string of the molecule is O=C(C=Cc1ccc(Cl)c(Cl)c1)NCC(=O)Nc1ccc(-n2cncn2)cc1. The number of amides is 2. The molecule has 0 fully saturated rings. The number of anilines is 1. The third-order valence-electron chi connectivity index (χ3n) is 3.63. The fraction of sp³-hybridized carbons (Fsp3) is 0.0526. The van der Waals surface area contributed by atoms with E-state index >= 15 is 0 Å². The van der Waals surface area contributed by atoms with Gasteiger partial charge < -0.3 is 10.6 Å². The Balaban J connectivity index is 1.47. The molecule has 0 spiro atoms. The molecule has 28 heavy (non-hydrogen) atoms. The van der Waals surface area contributed by atoms with Gasteiger partial charge in [0.1, 0.15) is 12.7 Å². The molecule has 142 valence electrons. The Morgan fingerprint density at radius 3 is 2.54 bits per heavy atom. The van der Waals surface area contributed by atoms with Crippen LogP contribution in [0.15, 0.2) is 61.2 Å². The molecule has 0 aliphatic heterocycles. The molecular formula is C19H15Cl2N5O2. The number of nitrogens with zero attached hydrogens (tertiary/aromatic N) is 3. The first-order valence-electron chi connectivity index (χ1n) is 8.17. The highest BCUT2D eigenvalue weighted by Crippen LogP contribution is 2.23. The molecule has 0 aliphatic rings. The van der Waals surface area contributed by atoms with Gasteiger partial charge in [-0.25, -0.2) is 9.67 Å². The summed E-state index contributed by atoms with van der Waals surface area (Å²) < 4.78 is 1.60. The van der Waals surface area contributed by atoms with Crippen molar-refractivity contribution in [3.8, 4) is 5.69 Å². The van der Waals surface area contributed by atoms with Crippen LogP contribution >= 0.6 is 23.2 Å². The van der Waals surface area contributed by atoms with Crippen molar-refractivity contribution >= 4 is 46.8 Å². The molecule has 9 heteroatoms. The summed E-state index contributed by atoms with van der Waals surface area (Å²) in [7, 11) is 0. The van der Waals surface area contributed by atoms with Crippen molar-refractivity contribution in [2.75, 3.05) is 11.9 Å². The maximum absolute atomic E-state index is 12.0. The zero-order valence-electron chi connectivity index (χ0n) is 14.5. The topological polar surface area (TPSA) is 88.9 Å². The normalized spacial score (nSPS) is 10.8. The van der Waals surface area contributed by atoms with E-state index in [9.17, 15) is 9.59 Å². The van der Waals surface area contributed by atoms with Crippen LogP contribution in [0.2, 0.25) is 10.0 Å². The maximum Gasteiger partial charge on any atom is 0.244 e. The number of carbonyl (C=O) groups excluding carboxylic acids is 2. The predicted molar refractivity (Wildman–Crippen MR) is 108 cm³/mol. The minimum Gasteiger partial charge on any atom is -0.343 e. The number of aromatic nitrogens is 3. The van der Waals surface area contributed by atoms with Crippen LogP contribution in [0.3, 0.4) is 0 Å². The van der Waals surface area contributed by atoms with Crippen LogP contribution in [0, 0.1) is 0 Å². The summed E-state index contributed by atoms with van der Waals surface area (Å²) in [4.78, 5) is 27.7. The predicted octanol–water partition coefficient (Wildman–Crippen LogP) is 3.34. The number of benzene rings is 2. The first kappa shape index (κ1) is 19.6. The van der Waals surface area contributed by atoms with Crippen LogP contribution in [0.5, 0.6) is 0 Å². The molecule has 0 aliphatic carbocycles. The Labute approximate surface area is 171 Å². The first-order valence-corrected chi connectivity index (χ1v) is 8.93. The quantitative estimate of drug-likeness (QED) is 0.604. The van der Waals surface area contributed by atoms with E-state index in [1.54, 1.807) is 59.5 Å². The summed E-state index contributed by atoms with van der Waals surface area (Å²) in [5, 5.41) is 10.1. The third-order valence-corrected chi connectivity index (χ3v) is 4.37. The first-order chi connectivity index (χ1) is 13.5. The van der Waals surface area contributed by atoms with Crippen LogP contribution in [0.4, 0.5) is 5.69 Å². The van der Waals surface area contributed by atoms with Crippen LogP contribution in [-0.4, -0.2) is 33.1 Å². The van der Waals surface area contributed by atoms with E-state index in [4.69, 9.17) is 23.2 Å². The number of rotatable bonds is 6. The van der Waals surface area contributed by atoms with Crippen molar-refractivity contribution in [2.24, 2.45) is 0 Å². The fourth-order valence-corrected chi connectivity index (χ4v) is 2.57. The zero-order valence-corrected chi connectivity index (χ0v) is 16.0. The largest absolute Gasteiger partial charge is 0.343 e. The van der Waals surface area contributed by atoms with Gasteiger partial charge in [0.05, 0.1) is 22.3 Å². The summed E-state index contributed by atoms with van der Waals surface area (Å²) in [5.74, 6) is -0.743. The monoisotopic (exact) mass is 415 g/mol. The zero-order chi connectivity index (χ0) is 19.9. The molecule has 0 bridgehead atoms. The van der Waals surface area contributed by atoms with E-state index in [2.05, 4.69) is 20.7 Å². The Hall–Kier alpha value is -3.16. The lowest BCUT2D eigenvalue weighted by molar-refractivity contribution is -0.121. The standard InChI is InChI=1S/C19H15Cl2N5O2/c20-16-7-1-13(9-17(16)21)2-8-18(27)23-10-19(28)25-14-3-5-15(6-4-14)26-12-22-11-24-26/h1-9,11-12H,10H2,(H,23,27)(H,25,28). The average molecular weight is 416 g/mol. The molecule has 0 saturated carbocycles. The number of halogens is 2. The molecule has 3 rings (SSSR count). The number of carbonyl (C=O) groups is 2. The Morgan fingerprint density at radius 2 is 1.86 bits per heavy atom. The highest BCUT2D eigenvalue weighted by atomic mass is 35.5. The summed E-state index contributed by atoms with van der Waals surface area (Å²) >= 11 is 11.8. The molecule has 1 aromatic heterocycles. The minimum absolute atomic E-state index is 0.157. The second kappa shape index (κ2) is 9.16. The average Bonchev–Trinajstić information content (AvgIpc) is 3.23. The van der Waals surface area contributed by atoms with Gasteiger partial charge in [0, 0.05) is 11.8 Å². The van der Waals surface area contributed by atoms with E-state index in [-0.39, 0.29) is 12.5 Å². The highest BCUT2D eigenvalue weighted by Gasteiger charge is 2.05. The molecule has 2 aromatic carbocycles. The Morgan fingerprint density at radius 1 is 1.07 bits per heavy atom. The number of hydrogen-bond acceptors (Lipinski definition) is 4. The number of hydrogen-bond donors (Lipinski definition) is 2. The molecule has 2 N–H and O–H groups in total. The van der Waals surface area contributed by atoms with E-state index in [1.165, 1.54) is 12.4 Å². The van der Waals surface area contributed by atoms with Crippen LogP contribution in [0.1, 0.15) is 5.56 Å². The van der Waals surface area contributed by atoms with Crippen molar-refractivity contribution in [3.63, 3.8) is 0 Å². The molecule has 2 amide bonds. The molecule has 0 saturated heterocycles. The number of nitrogens with one attached hydrogen (secondary N) is 2. The van der Waals surface area contributed by atoms with Gasteiger partial charge >= 0.3 is 0 Å². The van der Waals surface area contributed by atoms with Crippen molar-refractivity contribution in [2.45, 2.75) is 0 Å². The van der Waals surface area contributed by atoms with Crippen LogP contribution < -0.4 is 10.6 Å². The van der Waals surface area contributed by atoms with E-state index < -0.39 is 5.91 Å². The van der Waals surface area contributed by atoms with Gasteiger partial charge in [0.25, 0.3) is 0 Å². The maximum atomic E-state index is 12.0. The second-order valence-electron chi connectivity index (χ2n) is 5.66. The third kappa shape index (κ3) is 5.42. The molecule has 7 nitrogen and oxygen atoms in total. The summed E-state index contributed by atoms with van der Waals surface area (Å²) in [6.45, 7) is -0.157. The van der Waals surface area contributed by atoms with Crippen molar-refractivity contribution < 1.29 is 9.59 Å². The van der Waals surface area contributed by atoms with Crippen LogP contribution in [0.25, 0.3) is 11.8 Å². The van der Waals surface area contributed by atoms with Gasteiger partial charge in [-0.05, 0) is 48.0 Å². The molecule has 0 atom stereocenters.